The Kier molecular flexibility index (Phi) is 7.38. The van der Waals surface area contributed by atoms with Gasteiger partial charge in [0.2, 0.25) is 5.91 Å². The van der Waals surface area contributed by atoms with Crippen LogP contribution in [0, 0.1) is 6.92 Å². The molecule has 0 aliphatic carbocycles. The molecule has 2 aromatic rings. The highest BCUT2D eigenvalue weighted by molar-refractivity contribution is 7.18. The molecule has 0 radical (unpaired) electrons. The molecule has 31 heavy (non-hydrogen) atoms. The molecule has 0 spiro atoms. The van der Waals surface area contributed by atoms with Crippen LogP contribution in [0.1, 0.15) is 65.1 Å². The van der Waals surface area contributed by atoms with E-state index in [4.69, 9.17) is 11.6 Å². The van der Waals surface area contributed by atoms with E-state index in [1.54, 1.807) is 44.2 Å². The van der Waals surface area contributed by atoms with Crippen molar-refractivity contribution in [2.75, 3.05) is 18.4 Å². The van der Waals surface area contributed by atoms with Gasteiger partial charge in [0.25, 0.3) is 11.8 Å². The molecule has 0 unspecified atom stereocenters. The van der Waals surface area contributed by atoms with Crippen LogP contribution in [0.25, 0.3) is 0 Å². The first-order valence-electron chi connectivity index (χ1n) is 10.5. The third-order valence-corrected chi connectivity index (χ3v) is 6.63. The average Bonchev–Trinajstić information content (AvgIpc) is 2.97. The lowest BCUT2D eigenvalue weighted by Gasteiger charge is -2.25. The number of anilines is 1. The Morgan fingerprint density at radius 1 is 1.03 bits per heavy atom. The number of carbonyl (C=O) groups excluding carboxylic acids is 3. The van der Waals surface area contributed by atoms with Crippen LogP contribution in [0.5, 0.6) is 0 Å². The second-order valence-electron chi connectivity index (χ2n) is 8.37. The van der Waals surface area contributed by atoms with Crippen molar-refractivity contribution in [1.82, 2.24) is 10.2 Å². The Morgan fingerprint density at radius 2 is 1.71 bits per heavy atom. The van der Waals surface area contributed by atoms with Crippen molar-refractivity contribution in [1.29, 1.82) is 0 Å². The van der Waals surface area contributed by atoms with E-state index < -0.39 is 5.54 Å². The molecule has 0 atom stereocenters. The highest BCUT2D eigenvalue weighted by Crippen LogP contribution is 2.23. The van der Waals surface area contributed by atoms with E-state index in [1.165, 1.54) is 12.8 Å². The van der Waals surface area contributed by atoms with E-state index in [0.717, 1.165) is 42.8 Å². The van der Waals surface area contributed by atoms with Gasteiger partial charge in [0, 0.05) is 24.3 Å². The smallest absolute Gasteiger partial charge is 0.262 e. The van der Waals surface area contributed by atoms with E-state index in [1.807, 2.05) is 11.8 Å². The van der Waals surface area contributed by atoms with Gasteiger partial charge in [-0.3, -0.25) is 14.4 Å². The van der Waals surface area contributed by atoms with Gasteiger partial charge in [-0.1, -0.05) is 24.4 Å². The number of nitrogens with zero attached hydrogens (tertiary/aromatic N) is 1. The number of hydrogen-bond donors (Lipinski definition) is 2. The fourth-order valence-electron chi connectivity index (χ4n) is 3.55. The Morgan fingerprint density at radius 3 is 2.29 bits per heavy atom. The molecule has 1 saturated heterocycles. The largest absolute Gasteiger partial charge is 0.339 e. The number of aryl methyl sites for hydroxylation is 1. The molecule has 3 amide bonds. The number of rotatable bonds is 5. The molecule has 3 rings (SSSR count). The molecular weight excluding hydrogens is 434 g/mol. The quantitative estimate of drug-likeness (QED) is 0.666. The maximum atomic E-state index is 12.9. The molecule has 1 aromatic heterocycles. The standard InChI is InChI=1S/C23H28ClN3O3S/c1-15-14-16(8-9-17(15)21(29)27-12-6-4-5-7-13-27)25-22(30)23(2,3)26-20(28)18-10-11-19(24)31-18/h8-11,14H,4-7,12-13H2,1-3H3,(H,25,30)(H,26,28). The number of halogens is 1. The average molecular weight is 462 g/mol. The molecule has 1 aliphatic heterocycles. The number of benzene rings is 1. The van der Waals surface area contributed by atoms with Crippen molar-refractivity contribution >= 4 is 46.3 Å². The van der Waals surface area contributed by atoms with E-state index in [-0.39, 0.29) is 17.7 Å². The van der Waals surface area contributed by atoms with Gasteiger partial charge in [-0.15, -0.1) is 11.3 Å². The summed E-state index contributed by atoms with van der Waals surface area (Å²) in [5.74, 6) is -0.666. The topological polar surface area (TPSA) is 78.5 Å². The molecule has 1 aromatic carbocycles. The lowest BCUT2D eigenvalue weighted by atomic mass is 10.0. The first-order valence-corrected chi connectivity index (χ1v) is 11.7. The molecular formula is C23H28ClN3O3S. The van der Waals surface area contributed by atoms with E-state index in [2.05, 4.69) is 10.6 Å². The zero-order valence-electron chi connectivity index (χ0n) is 18.1. The molecule has 2 heterocycles. The molecule has 0 bridgehead atoms. The minimum Gasteiger partial charge on any atom is -0.339 e. The summed E-state index contributed by atoms with van der Waals surface area (Å²) in [7, 11) is 0. The van der Waals surface area contributed by atoms with Crippen LogP contribution in [0.15, 0.2) is 30.3 Å². The van der Waals surface area contributed by atoms with Crippen LogP contribution >= 0.6 is 22.9 Å². The highest BCUT2D eigenvalue weighted by Gasteiger charge is 2.30. The van der Waals surface area contributed by atoms with E-state index in [9.17, 15) is 14.4 Å². The van der Waals surface area contributed by atoms with Gasteiger partial charge in [-0.05, 0) is 69.5 Å². The fourth-order valence-corrected chi connectivity index (χ4v) is 4.49. The van der Waals surface area contributed by atoms with E-state index in [0.29, 0.717) is 20.5 Å². The number of nitrogens with one attached hydrogen (secondary N) is 2. The van der Waals surface area contributed by atoms with Gasteiger partial charge in [0.15, 0.2) is 0 Å². The maximum Gasteiger partial charge on any atom is 0.262 e. The molecule has 8 heteroatoms. The van der Waals surface area contributed by atoms with Crippen molar-refractivity contribution < 1.29 is 14.4 Å². The van der Waals surface area contributed by atoms with Crippen molar-refractivity contribution in [2.24, 2.45) is 0 Å². The minimum absolute atomic E-state index is 0.0412. The Labute approximate surface area is 192 Å². The van der Waals surface area contributed by atoms with Gasteiger partial charge < -0.3 is 15.5 Å². The zero-order valence-corrected chi connectivity index (χ0v) is 19.7. The van der Waals surface area contributed by atoms with Crippen LogP contribution in [0.3, 0.4) is 0 Å². The van der Waals surface area contributed by atoms with Gasteiger partial charge in [-0.2, -0.15) is 0 Å². The molecule has 6 nitrogen and oxygen atoms in total. The number of amides is 3. The van der Waals surface area contributed by atoms with Crippen LogP contribution in [0.2, 0.25) is 4.34 Å². The normalized spacial score (nSPS) is 14.6. The molecule has 1 fully saturated rings. The third-order valence-electron chi connectivity index (χ3n) is 5.40. The summed E-state index contributed by atoms with van der Waals surface area (Å²) in [6.45, 7) is 6.73. The maximum absolute atomic E-state index is 12.9. The predicted octanol–water partition coefficient (Wildman–Crippen LogP) is 4.87. The summed E-state index contributed by atoms with van der Waals surface area (Å²) in [6, 6.07) is 8.55. The van der Waals surface area contributed by atoms with Gasteiger partial charge in [0.05, 0.1) is 9.21 Å². The summed E-state index contributed by atoms with van der Waals surface area (Å²) in [5.41, 5.74) is 0.905. The monoisotopic (exact) mass is 461 g/mol. The lowest BCUT2D eigenvalue weighted by Crippen LogP contribution is -2.52. The van der Waals surface area contributed by atoms with Gasteiger partial charge in [0.1, 0.15) is 5.54 Å². The molecule has 166 valence electrons. The number of hydrogen-bond acceptors (Lipinski definition) is 4. The lowest BCUT2D eigenvalue weighted by molar-refractivity contribution is -0.120. The van der Waals surface area contributed by atoms with Crippen LogP contribution in [-0.2, 0) is 4.79 Å². The van der Waals surface area contributed by atoms with Crippen molar-refractivity contribution in [3.63, 3.8) is 0 Å². The summed E-state index contributed by atoms with van der Waals surface area (Å²) < 4.78 is 0.512. The molecule has 0 saturated carbocycles. The Bertz CT molecular complexity index is 978. The number of thiophene rings is 1. The number of carbonyl (C=O) groups is 3. The van der Waals surface area contributed by atoms with Crippen LogP contribution in [-0.4, -0.2) is 41.2 Å². The number of likely N-dealkylation sites (tertiary alicyclic amines) is 1. The second kappa shape index (κ2) is 9.83. The van der Waals surface area contributed by atoms with Crippen molar-refractivity contribution in [3.05, 3.63) is 50.7 Å². The van der Waals surface area contributed by atoms with Gasteiger partial charge in [-0.25, -0.2) is 0 Å². The second-order valence-corrected chi connectivity index (χ2v) is 10.1. The fraction of sp³-hybridized carbons (Fsp3) is 0.435. The van der Waals surface area contributed by atoms with Crippen molar-refractivity contribution in [3.8, 4) is 0 Å². The first kappa shape index (κ1) is 23.3. The molecule has 2 N–H and O–H groups in total. The third kappa shape index (κ3) is 5.86. The summed E-state index contributed by atoms with van der Waals surface area (Å²) >= 11 is 7.04. The predicted molar refractivity (Wildman–Crippen MR) is 125 cm³/mol. The van der Waals surface area contributed by atoms with E-state index >= 15 is 0 Å². The Balaban J connectivity index is 1.66. The summed E-state index contributed by atoms with van der Waals surface area (Å²) in [6.07, 6.45) is 4.41. The molecule has 1 aliphatic rings. The minimum atomic E-state index is -1.14. The van der Waals surface area contributed by atoms with Crippen molar-refractivity contribution in [2.45, 2.75) is 52.0 Å². The SMILES string of the molecule is Cc1cc(NC(=O)C(C)(C)NC(=O)c2ccc(Cl)s2)ccc1C(=O)N1CCCCCC1. The van der Waals surface area contributed by atoms with Crippen LogP contribution in [0.4, 0.5) is 5.69 Å². The van der Waals surface area contributed by atoms with Gasteiger partial charge >= 0.3 is 0 Å². The van der Waals surface area contributed by atoms with Crippen LogP contribution < -0.4 is 10.6 Å². The highest BCUT2D eigenvalue weighted by atomic mass is 35.5. The summed E-state index contributed by atoms with van der Waals surface area (Å²) in [4.78, 5) is 40.5. The summed E-state index contributed by atoms with van der Waals surface area (Å²) in [5, 5.41) is 5.58. The first-order chi connectivity index (χ1) is 14.7. The zero-order chi connectivity index (χ0) is 22.6. The Hall–Kier alpha value is -2.38.